The number of hydrogen-bond donors (Lipinski definition) is 1. The highest BCUT2D eigenvalue weighted by Crippen LogP contribution is 2.33. The first-order chi connectivity index (χ1) is 19.8. The third kappa shape index (κ3) is 6.01. The van der Waals surface area contributed by atoms with E-state index in [-0.39, 0.29) is 36.4 Å². The van der Waals surface area contributed by atoms with Crippen LogP contribution in [-0.2, 0) is 22.5 Å². The molecule has 7 heteroatoms. The number of benzene rings is 2. The van der Waals surface area contributed by atoms with Gasteiger partial charge in [0, 0.05) is 43.5 Å². The number of Topliss-reactive ketones (excluding diaryl/α,β-unsaturated/α-hetero) is 1. The molecular weight excluding hydrogens is 512 g/mol. The van der Waals surface area contributed by atoms with Crippen LogP contribution < -0.4 is 5.32 Å². The smallest absolute Gasteiger partial charge is 0.258 e. The molecule has 1 aliphatic heterocycles. The number of rotatable bonds is 7. The standard InChI is InChI=1S/C34H36N4O3/c1-22-18-37(19-23(2)41-22)20-25-9-10-27-14-29(15-28(27)13-25)32-16-31(11-12-33(32)39)36-34(40)30-17-35-38(21-30)24(3)26-7-5-4-6-8-26/h4-11,13,15-17,21-24H,12,14,18-20H2,1-3H3,(H,36,40)/t22-,23+,24-/m1/s1. The van der Waals surface area contributed by atoms with E-state index in [0.717, 1.165) is 30.8 Å². The zero-order chi connectivity index (χ0) is 28.5. The molecule has 0 radical (unpaired) electrons. The van der Waals surface area contributed by atoms with Crippen molar-refractivity contribution in [2.45, 2.75) is 58.4 Å². The van der Waals surface area contributed by atoms with Crippen molar-refractivity contribution >= 4 is 17.8 Å². The van der Waals surface area contributed by atoms with Gasteiger partial charge in [-0.25, -0.2) is 0 Å². The van der Waals surface area contributed by atoms with Crippen molar-refractivity contribution in [2.75, 3.05) is 13.1 Å². The van der Waals surface area contributed by atoms with E-state index in [4.69, 9.17) is 4.74 Å². The predicted octanol–water partition coefficient (Wildman–Crippen LogP) is 5.25. The van der Waals surface area contributed by atoms with Crippen molar-refractivity contribution < 1.29 is 14.3 Å². The number of ketones is 1. The first-order valence-electron chi connectivity index (χ1n) is 14.4. The minimum absolute atomic E-state index is 0.00760. The molecule has 0 unspecified atom stereocenters. The quantitative estimate of drug-likeness (QED) is 0.436. The Labute approximate surface area is 241 Å². The lowest BCUT2D eigenvalue weighted by atomic mass is 9.93. The van der Waals surface area contributed by atoms with E-state index in [0.29, 0.717) is 23.3 Å². The number of allylic oxidation sites excluding steroid dienone is 4. The van der Waals surface area contributed by atoms with Gasteiger partial charge in [0.15, 0.2) is 5.78 Å². The summed E-state index contributed by atoms with van der Waals surface area (Å²) < 4.78 is 7.67. The zero-order valence-corrected chi connectivity index (χ0v) is 23.8. The molecule has 1 N–H and O–H groups in total. The molecule has 3 aromatic rings. The molecule has 1 aromatic heterocycles. The summed E-state index contributed by atoms with van der Waals surface area (Å²) in [6.07, 6.45) is 10.5. The Morgan fingerprint density at radius 1 is 1.10 bits per heavy atom. The maximum Gasteiger partial charge on any atom is 0.258 e. The number of carbonyl (C=O) groups is 2. The van der Waals surface area contributed by atoms with Crippen molar-refractivity contribution in [3.63, 3.8) is 0 Å². The van der Waals surface area contributed by atoms with E-state index in [1.165, 1.54) is 16.7 Å². The van der Waals surface area contributed by atoms with Crippen LogP contribution in [0.1, 0.15) is 65.8 Å². The summed E-state index contributed by atoms with van der Waals surface area (Å²) in [6, 6.07) is 16.7. The van der Waals surface area contributed by atoms with E-state index in [1.54, 1.807) is 23.2 Å². The summed E-state index contributed by atoms with van der Waals surface area (Å²) in [5, 5.41) is 7.40. The Morgan fingerprint density at radius 3 is 2.66 bits per heavy atom. The summed E-state index contributed by atoms with van der Waals surface area (Å²) in [5.74, 6) is -0.170. The number of aromatic nitrogens is 2. The average molecular weight is 549 g/mol. The highest BCUT2D eigenvalue weighted by Gasteiger charge is 2.25. The predicted molar refractivity (Wildman–Crippen MR) is 159 cm³/mol. The van der Waals surface area contributed by atoms with Crippen LogP contribution in [0, 0.1) is 0 Å². The summed E-state index contributed by atoms with van der Waals surface area (Å²) in [6.45, 7) is 9.04. The van der Waals surface area contributed by atoms with E-state index >= 15 is 0 Å². The molecule has 0 saturated carbocycles. The monoisotopic (exact) mass is 548 g/mol. The minimum atomic E-state index is -0.243. The number of morpholine rings is 1. The van der Waals surface area contributed by atoms with Gasteiger partial charge in [0.05, 0.1) is 30.0 Å². The summed E-state index contributed by atoms with van der Waals surface area (Å²) >= 11 is 0. The molecule has 0 bridgehead atoms. The van der Waals surface area contributed by atoms with Gasteiger partial charge < -0.3 is 10.1 Å². The second-order valence-electron chi connectivity index (χ2n) is 11.4. The van der Waals surface area contributed by atoms with Gasteiger partial charge >= 0.3 is 0 Å². The first-order valence-corrected chi connectivity index (χ1v) is 14.4. The van der Waals surface area contributed by atoms with Crippen LogP contribution in [0.25, 0.3) is 6.08 Å². The Hall–Kier alpha value is -4.07. The molecule has 1 amide bonds. The van der Waals surface area contributed by atoms with Gasteiger partial charge in [-0.3, -0.25) is 19.2 Å². The Morgan fingerprint density at radius 2 is 1.88 bits per heavy atom. The molecule has 3 aliphatic rings. The van der Waals surface area contributed by atoms with Crippen LogP contribution in [0.4, 0.5) is 0 Å². The average Bonchev–Trinajstić information content (AvgIpc) is 3.61. The van der Waals surface area contributed by atoms with Crippen LogP contribution in [0.2, 0.25) is 0 Å². The number of hydrogen-bond acceptors (Lipinski definition) is 5. The first kappa shape index (κ1) is 27.1. The van der Waals surface area contributed by atoms with Crippen LogP contribution in [0.3, 0.4) is 0 Å². The molecule has 1 saturated heterocycles. The lowest BCUT2D eigenvalue weighted by molar-refractivity contribution is -0.114. The highest BCUT2D eigenvalue weighted by atomic mass is 16.5. The fourth-order valence-corrected chi connectivity index (χ4v) is 6.05. The Balaban J connectivity index is 1.13. The van der Waals surface area contributed by atoms with E-state index in [9.17, 15) is 9.59 Å². The van der Waals surface area contributed by atoms with Crippen molar-refractivity contribution in [1.29, 1.82) is 0 Å². The number of ether oxygens (including phenoxy) is 1. The number of nitrogens with one attached hydrogen (secondary N) is 1. The number of fused-ring (bicyclic) bond motifs is 1. The third-order valence-corrected chi connectivity index (χ3v) is 8.08. The second-order valence-corrected chi connectivity index (χ2v) is 11.4. The molecule has 2 aromatic carbocycles. The fourth-order valence-electron chi connectivity index (χ4n) is 6.05. The van der Waals surface area contributed by atoms with Gasteiger partial charge in [0.1, 0.15) is 0 Å². The van der Waals surface area contributed by atoms with Gasteiger partial charge in [-0.1, -0.05) is 60.7 Å². The molecule has 7 nitrogen and oxygen atoms in total. The van der Waals surface area contributed by atoms with Crippen molar-refractivity contribution in [1.82, 2.24) is 20.0 Å². The molecule has 6 rings (SSSR count). The second kappa shape index (κ2) is 11.4. The lowest BCUT2D eigenvalue weighted by Crippen LogP contribution is -2.44. The molecule has 2 heterocycles. The van der Waals surface area contributed by atoms with Crippen molar-refractivity contribution in [2.24, 2.45) is 0 Å². The van der Waals surface area contributed by atoms with Gasteiger partial charge in [-0.05, 0) is 61.1 Å². The Bertz CT molecular complexity index is 1560. The minimum Gasteiger partial charge on any atom is -0.373 e. The van der Waals surface area contributed by atoms with Crippen LogP contribution in [0.5, 0.6) is 0 Å². The maximum absolute atomic E-state index is 13.1. The topological polar surface area (TPSA) is 76.5 Å². The van der Waals surface area contributed by atoms with Crippen LogP contribution in [0.15, 0.2) is 89.9 Å². The molecular formula is C34H36N4O3. The zero-order valence-electron chi connectivity index (χ0n) is 23.8. The molecule has 210 valence electrons. The van der Waals surface area contributed by atoms with Crippen LogP contribution >= 0.6 is 0 Å². The largest absolute Gasteiger partial charge is 0.373 e. The van der Waals surface area contributed by atoms with Crippen LogP contribution in [-0.4, -0.2) is 51.7 Å². The van der Waals surface area contributed by atoms with Crippen molar-refractivity contribution in [3.05, 3.63) is 118 Å². The van der Waals surface area contributed by atoms with E-state index < -0.39 is 0 Å². The highest BCUT2D eigenvalue weighted by molar-refractivity contribution is 6.04. The molecule has 1 fully saturated rings. The van der Waals surface area contributed by atoms with E-state index in [2.05, 4.69) is 53.4 Å². The number of amides is 1. The van der Waals surface area contributed by atoms with E-state index in [1.807, 2.05) is 43.3 Å². The summed E-state index contributed by atoms with van der Waals surface area (Å²) in [7, 11) is 0. The maximum atomic E-state index is 13.1. The SMILES string of the molecule is C[C@@H]1CN(Cc2ccc3c(c2)C=C(C2=CC(NC(=O)c4cnn([C@H](C)c5ccccc5)c4)=CCC2=O)C3)C[C@H](C)O1. The van der Waals surface area contributed by atoms with Gasteiger partial charge in [-0.2, -0.15) is 5.10 Å². The van der Waals surface area contributed by atoms with Gasteiger partial charge in [0.2, 0.25) is 0 Å². The lowest BCUT2D eigenvalue weighted by Gasteiger charge is -2.35. The van der Waals surface area contributed by atoms with Gasteiger partial charge in [0.25, 0.3) is 5.91 Å². The summed E-state index contributed by atoms with van der Waals surface area (Å²) in [5.41, 5.74) is 7.56. The van der Waals surface area contributed by atoms with Gasteiger partial charge in [-0.15, -0.1) is 0 Å². The normalized spacial score (nSPS) is 21.5. The Kier molecular flexibility index (Phi) is 7.56. The third-order valence-electron chi connectivity index (χ3n) is 8.08. The number of carbonyl (C=O) groups excluding carboxylic acids is 2. The van der Waals surface area contributed by atoms with Crippen molar-refractivity contribution in [3.8, 4) is 0 Å². The molecule has 3 atom stereocenters. The summed E-state index contributed by atoms with van der Waals surface area (Å²) in [4.78, 5) is 28.5. The number of nitrogens with zero attached hydrogens (tertiary/aromatic N) is 3. The fraction of sp³-hybridized carbons (Fsp3) is 0.324. The molecule has 41 heavy (non-hydrogen) atoms. The molecule has 0 spiro atoms. The molecule has 2 aliphatic carbocycles.